The largest absolute Gasteiger partial charge is 0.461 e. The van der Waals surface area contributed by atoms with Gasteiger partial charge in [-0.15, -0.1) is 0 Å². The van der Waals surface area contributed by atoms with E-state index in [9.17, 15) is 4.79 Å². The van der Waals surface area contributed by atoms with Crippen LogP contribution in [0, 0.1) is 0 Å². The molecule has 0 saturated heterocycles. The molecule has 3 nitrogen and oxygen atoms in total. The van der Waals surface area contributed by atoms with Crippen molar-refractivity contribution in [1.29, 1.82) is 0 Å². The second kappa shape index (κ2) is 6.36. The Morgan fingerprint density at radius 1 is 1.50 bits per heavy atom. The number of esters is 1. The van der Waals surface area contributed by atoms with Crippen LogP contribution in [0.4, 0.5) is 0 Å². The summed E-state index contributed by atoms with van der Waals surface area (Å²) in [5.74, 6) is -0.0914. The minimum absolute atomic E-state index is 0. The van der Waals surface area contributed by atoms with Crippen LogP contribution >= 0.6 is 8.73 Å². The van der Waals surface area contributed by atoms with Gasteiger partial charge in [0.2, 0.25) is 0 Å². The van der Waals surface area contributed by atoms with Gasteiger partial charge in [0.1, 0.15) is 12.1 Å². The van der Waals surface area contributed by atoms with E-state index in [1.807, 2.05) is 13.6 Å². The lowest BCUT2D eigenvalue weighted by molar-refractivity contribution is -0.152. The van der Waals surface area contributed by atoms with Gasteiger partial charge in [0.25, 0.3) is 0 Å². The Morgan fingerprint density at radius 2 is 2.14 bits per heavy atom. The van der Waals surface area contributed by atoms with E-state index in [0.29, 0.717) is 8.73 Å². The van der Waals surface area contributed by atoms with E-state index in [-0.39, 0.29) is 19.5 Å². The molecule has 0 amide bonds. The van der Waals surface area contributed by atoms with Gasteiger partial charge in [-0.05, 0) is 39.3 Å². The van der Waals surface area contributed by atoms with E-state index < -0.39 is 0 Å². The summed E-state index contributed by atoms with van der Waals surface area (Å²) in [4.78, 5) is 11.5. The number of ether oxygens (including phenoxy) is 1. The predicted octanol–water partition coefficient (Wildman–Crippen LogP) is 2.31. The van der Waals surface area contributed by atoms with Gasteiger partial charge in [-0.1, -0.05) is 15.2 Å². The lowest BCUT2D eigenvalue weighted by Crippen LogP contribution is -2.33. The van der Waals surface area contributed by atoms with E-state index in [0.717, 1.165) is 12.8 Å². The fraction of sp³-hybridized carbons (Fsp3) is 0.900. The van der Waals surface area contributed by atoms with Crippen molar-refractivity contribution < 1.29 is 11.0 Å². The SMILES string of the molecule is CPN[C@H](C)C(=O)OC1CCCCC1.[HH]. The molecule has 1 N–H and O–H groups in total. The Hall–Kier alpha value is -0.140. The van der Waals surface area contributed by atoms with E-state index in [1.165, 1.54) is 19.3 Å². The first-order chi connectivity index (χ1) is 6.74. The number of nitrogens with one attached hydrogen (secondary N) is 1. The van der Waals surface area contributed by atoms with Gasteiger partial charge in [-0.3, -0.25) is 9.88 Å². The summed E-state index contributed by atoms with van der Waals surface area (Å²) in [5, 5.41) is 3.09. The van der Waals surface area contributed by atoms with Crippen LogP contribution in [0.25, 0.3) is 0 Å². The Labute approximate surface area is 89.3 Å². The molecule has 2 atom stereocenters. The van der Waals surface area contributed by atoms with Crippen LogP contribution in [0.1, 0.15) is 40.5 Å². The maximum atomic E-state index is 11.5. The van der Waals surface area contributed by atoms with Gasteiger partial charge in [-0.2, -0.15) is 0 Å². The topological polar surface area (TPSA) is 38.3 Å². The molecule has 0 radical (unpaired) electrons. The molecule has 84 valence electrons. The van der Waals surface area contributed by atoms with Crippen molar-refractivity contribution in [3.05, 3.63) is 0 Å². The molecule has 4 heteroatoms. The van der Waals surface area contributed by atoms with Crippen LogP contribution < -0.4 is 5.09 Å². The third kappa shape index (κ3) is 3.93. The smallest absolute Gasteiger partial charge is 0.323 e. The van der Waals surface area contributed by atoms with Gasteiger partial charge in [0.05, 0.1) is 0 Å². The van der Waals surface area contributed by atoms with Crippen molar-refractivity contribution in [3.8, 4) is 0 Å². The summed E-state index contributed by atoms with van der Waals surface area (Å²) in [5.41, 5.74) is 0. The third-order valence-corrected chi connectivity index (χ3v) is 3.27. The van der Waals surface area contributed by atoms with Gasteiger partial charge < -0.3 is 4.74 Å². The van der Waals surface area contributed by atoms with E-state index in [2.05, 4.69) is 5.09 Å². The number of carbonyl (C=O) groups is 1. The highest BCUT2D eigenvalue weighted by Crippen LogP contribution is 2.20. The van der Waals surface area contributed by atoms with Crippen LogP contribution in [0.5, 0.6) is 0 Å². The first kappa shape index (κ1) is 11.9. The summed E-state index contributed by atoms with van der Waals surface area (Å²) < 4.78 is 5.41. The van der Waals surface area contributed by atoms with Crippen molar-refractivity contribution in [2.45, 2.75) is 51.2 Å². The minimum atomic E-state index is -0.153. The summed E-state index contributed by atoms with van der Waals surface area (Å²) in [6, 6.07) is -0.153. The van der Waals surface area contributed by atoms with Crippen molar-refractivity contribution in [3.63, 3.8) is 0 Å². The lowest BCUT2D eigenvalue weighted by atomic mass is 9.98. The Bertz CT molecular complexity index is 186. The van der Waals surface area contributed by atoms with Crippen LogP contribution in [0.3, 0.4) is 0 Å². The molecule has 1 unspecified atom stereocenters. The molecule has 1 saturated carbocycles. The van der Waals surface area contributed by atoms with Crippen molar-refractivity contribution in [1.82, 2.24) is 5.09 Å². The average molecular weight is 219 g/mol. The molecule has 0 aromatic rings. The molecule has 14 heavy (non-hydrogen) atoms. The number of hydrogen-bond donors (Lipinski definition) is 1. The van der Waals surface area contributed by atoms with Crippen LogP contribution in [0.2, 0.25) is 0 Å². The molecule has 0 aromatic heterocycles. The standard InChI is InChI=1S/C10H20NO2P.H2/c1-8(11-14-2)10(12)13-9-6-4-3-5-7-9;/h8-9,11,14H,3-7H2,1-2H3;1H/t8-;/m1./s1. The molecule has 1 fully saturated rings. The van der Waals surface area contributed by atoms with Crippen molar-refractivity contribution >= 4 is 14.7 Å². The number of carbonyl (C=O) groups excluding carboxylic acids is 1. The highest BCUT2D eigenvalue weighted by Gasteiger charge is 2.20. The zero-order chi connectivity index (χ0) is 10.4. The third-order valence-electron chi connectivity index (χ3n) is 2.55. The molecule has 0 spiro atoms. The quantitative estimate of drug-likeness (QED) is 0.582. The number of hydrogen-bond acceptors (Lipinski definition) is 3. The first-order valence-corrected chi connectivity index (χ1v) is 6.87. The molecular formula is C10H22NO2P. The maximum absolute atomic E-state index is 11.5. The van der Waals surface area contributed by atoms with Crippen molar-refractivity contribution in [2.24, 2.45) is 0 Å². The second-order valence-corrected chi connectivity index (χ2v) is 4.60. The Morgan fingerprint density at radius 3 is 2.71 bits per heavy atom. The van der Waals surface area contributed by atoms with E-state index in [4.69, 9.17) is 4.74 Å². The van der Waals surface area contributed by atoms with Crippen LogP contribution in [-0.2, 0) is 9.53 Å². The van der Waals surface area contributed by atoms with Crippen molar-refractivity contribution in [2.75, 3.05) is 6.66 Å². The van der Waals surface area contributed by atoms with Crippen LogP contribution in [0.15, 0.2) is 0 Å². The summed E-state index contributed by atoms with van der Waals surface area (Å²) in [6.07, 6.45) is 5.98. The molecule has 1 aliphatic carbocycles. The fourth-order valence-electron chi connectivity index (χ4n) is 1.72. The van der Waals surface area contributed by atoms with E-state index >= 15 is 0 Å². The molecule has 1 rings (SSSR count). The van der Waals surface area contributed by atoms with Gasteiger partial charge in [-0.25, -0.2) is 0 Å². The van der Waals surface area contributed by atoms with E-state index in [1.54, 1.807) is 0 Å². The molecule has 0 heterocycles. The normalized spacial score (nSPS) is 21.3. The molecular weight excluding hydrogens is 197 g/mol. The highest BCUT2D eigenvalue weighted by atomic mass is 31.1. The highest BCUT2D eigenvalue weighted by molar-refractivity contribution is 7.34. The molecule has 0 bridgehead atoms. The monoisotopic (exact) mass is 219 g/mol. The summed E-state index contributed by atoms with van der Waals surface area (Å²) >= 11 is 0. The number of rotatable bonds is 4. The fourth-order valence-corrected chi connectivity index (χ4v) is 2.28. The summed E-state index contributed by atoms with van der Waals surface area (Å²) in [6.45, 7) is 3.88. The van der Waals surface area contributed by atoms with Crippen LogP contribution in [-0.4, -0.2) is 24.8 Å². The summed E-state index contributed by atoms with van der Waals surface area (Å²) in [7, 11) is 0.592. The zero-order valence-electron chi connectivity index (χ0n) is 9.01. The van der Waals surface area contributed by atoms with Gasteiger partial charge in [0, 0.05) is 1.43 Å². The second-order valence-electron chi connectivity index (χ2n) is 3.81. The maximum Gasteiger partial charge on any atom is 0.323 e. The van der Waals surface area contributed by atoms with Gasteiger partial charge in [0.15, 0.2) is 0 Å². The Kier molecular flexibility index (Phi) is 5.42. The first-order valence-electron chi connectivity index (χ1n) is 5.37. The predicted molar refractivity (Wildman–Crippen MR) is 61.9 cm³/mol. The zero-order valence-corrected chi connectivity index (χ0v) is 10.0. The molecule has 0 aliphatic heterocycles. The Balaban J connectivity index is 0.00000196. The minimum Gasteiger partial charge on any atom is -0.461 e. The van der Waals surface area contributed by atoms with Gasteiger partial charge >= 0.3 is 5.97 Å². The average Bonchev–Trinajstić information content (AvgIpc) is 2.19. The molecule has 0 aromatic carbocycles. The lowest BCUT2D eigenvalue weighted by Gasteiger charge is -2.23. The molecule has 1 aliphatic rings.